The monoisotopic (exact) mass is 432 g/mol. The summed E-state index contributed by atoms with van der Waals surface area (Å²) >= 11 is 0. The second-order valence-corrected chi connectivity index (χ2v) is 8.70. The number of nitrogens with zero attached hydrogens (tertiary/aromatic N) is 3. The predicted molar refractivity (Wildman–Crippen MR) is 123 cm³/mol. The van der Waals surface area contributed by atoms with Crippen molar-refractivity contribution in [3.05, 3.63) is 75.7 Å². The highest BCUT2D eigenvalue weighted by Crippen LogP contribution is 2.16. The fraction of sp³-hybridized carbons (Fsp3) is 0.360. The van der Waals surface area contributed by atoms with Crippen LogP contribution < -0.4 is 10.9 Å². The second-order valence-electron chi connectivity index (χ2n) is 8.70. The highest BCUT2D eigenvalue weighted by molar-refractivity contribution is 6.04. The van der Waals surface area contributed by atoms with E-state index in [0.717, 1.165) is 24.1 Å². The van der Waals surface area contributed by atoms with Crippen molar-refractivity contribution >= 4 is 22.6 Å². The number of hydrogen-bond donors (Lipinski definition) is 1. The topological polar surface area (TPSA) is 84.3 Å². The van der Waals surface area contributed by atoms with Crippen molar-refractivity contribution in [1.29, 1.82) is 0 Å². The molecule has 2 aromatic carbocycles. The standard InChI is InChI=1S/C25H28N4O3/c1-17(2)15-29-25(32)21-10-4-3-9-20(21)23(27-29)24(31)26-14-18-7-5-8-19(13-18)16-28-12-6-11-22(28)30/h3-5,7-10,13,17H,6,11-12,14-16H2,1-2H3,(H,26,31). The fourth-order valence-electron chi connectivity index (χ4n) is 4.07. The minimum Gasteiger partial charge on any atom is -0.347 e. The summed E-state index contributed by atoms with van der Waals surface area (Å²) in [5, 5.41) is 8.38. The number of fused-ring (bicyclic) bond motifs is 1. The highest BCUT2D eigenvalue weighted by Gasteiger charge is 2.20. The van der Waals surface area contributed by atoms with Gasteiger partial charge in [-0.2, -0.15) is 5.10 Å². The molecule has 0 bridgehead atoms. The van der Waals surface area contributed by atoms with E-state index >= 15 is 0 Å². The quantitative estimate of drug-likeness (QED) is 0.622. The van der Waals surface area contributed by atoms with Gasteiger partial charge >= 0.3 is 0 Å². The molecule has 3 aromatic rings. The third-order valence-corrected chi connectivity index (χ3v) is 5.61. The Morgan fingerprint density at radius 3 is 2.53 bits per heavy atom. The molecule has 1 aliphatic heterocycles. The molecule has 1 fully saturated rings. The molecule has 0 spiro atoms. The summed E-state index contributed by atoms with van der Waals surface area (Å²) in [7, 11) is 0. The Balaban J connectivity index is 1.53. The minimum absolute atomic E-state index is 0.185. The van der Waals surface area contributed by atoms with Crippen molar-refractivity contribution in [2.75, 3.05) is 6.54 Å². The van der Waals surface area contributed by atoms with Crippen molar-refractivity contribution in [1.82, 2.24) is 20.0 Å². The number of carbonyl (C=O) groups is 2. The summed E-state index contributed by atoms with van der Waals surface area (Å²) in [6.07, 6.45) is 1.53. The third-order valence-electron chi connectivity index (χ3n) is 5.61. The van der Waals surface area contributed by atoms with Gasteiger partial charge in [-0.25, -0.2) is 4.68 Å². The zero-order valence-corrected chi connectivity index (χ0v) is 18.5. The van der Waals surface area contributed by atoms with Crippen LogP contribution in [0.2, 0.25) is 0 Å². The molecular formula is C25H28N4O3. The first-order valence-corrected chi connectivity index (χ1v) is 11.1. The fourth-order valence-corrected chi connectivity index (χ4v) is 4.07. The van der Waals surface area contributed by atoms with Gasteiger partial charge in [0, 0.05) is 38.0 Å². The van der Waals surface area contributed by atoms with Crippen LogP contribution in [0.4, 0.5) is 0 Å². The van der Waals surface area contributed by atoms with E-state index in [1.165, 1.54) is 4.68 Å². The molecule has 1 aliphatic rings. The van der Waals surface area contributed by atoms with Crippen LogP contribution in [0.1, 0.15) is 48.3 Å². The Labute approximate surface area is 187 Å². The number of nitrogens with one attached hydrogen (secondary N) is 1. The van der Waals surface area contributed by atoms with E-state index in [1.807, 2.05) is 43.0 Å². The normalized spacial score (nSPS) is 13.8. The number of carbonyl (C=O) groups excluding carboxylic acids is 2. The molecule has 0 aliphatic carbocycles. The molecular weight excluding hydrogens is 404 g/mol. The maximum Gasteiger partial charge on any atom is 0.274 e. The number of benzene rings is 2. The second kappa shape index (κ2) is 9.34. The molecule has 1 N–H and O–H groups in total. The van der Waals surface area contributed by atoms with E-state index in [4.69, 9.17) is 0 Å². The van der Waals surface area contributed by atoms with Gasteiger partial charge in [-0.1, -0.05) is 56.3 Å². The van der Waals surface area contributed by atoms with Crippen molar-refractivity contribution in [3.63, 3.8) is 0 Å². The molecule has 7 nitrogen and oxygen atoms in total. The summed E-state index contributed by atoms with van der Waals surface area (Å²) in [6, 6.07) is 15.0. The van der Waals surface area contributed by atoms with Gasteiger partial charge in [0.25, 0.3) is 11.5 Å². The van der Waals surface area contributed by atoms with E-state index in [2.05, 4.69) is 10.4 Å². The molecule has 2 amide bonds. The molecule has 0 radical (unpaired) electrons. The van der Waals surface area contributed by atoms with Crippen LogP contribution in [0.5, 0.6) is 0 Å². The molecule has 0 saturated carbocycles. The van der Waals surface area contributed by atoms with Gasteiger partial charge in [0.15, 0.2) is 5.69 Å². The number of aromatic nitrogens is 2. The lowest BCUT2D eigenvalue weighted by molar-refractivity contribution is -0.128. The zero-order valence-electron chi connectivity index (χ0n) is 18.5. The lowest BCUT2D eigenvalue weighted by Crippen LogP contribution is -2.31. The molecule has 2 heterocycles. The molecule has 1 saturated heterocycles. The summed E-state index contributed by atoms with van der Waals surface area (Å²) in [6.45, 7) is 6.18. The predicted octanol–water partition coefficient (Wildman–Crippen LogP) is 3.10. The Morgan fingerprint density at radius 1 is 1.06 bits per heavy atom. The minimum atomic E-state index is -0.321. The number of rotatable bonds is 7. The van der Waals surface area contributed by atoms with Crippen LogP contribution in [-0.4, -0.2) is 33.0 Å². The first-order valence-electron chi connectivity index (χ1n) is 11.1. The van der Waals surface area contributed by atoms with E-state index < -0.39 is 0 Å². The number of likely N-dealkylation sites (tertiary alicyclic amines) is 1. The highest BCUT2D eigenvalue weighted by atomic mass is 16.2. The number of hydrogen-bond acceptors (Lipinski definition) is 4. The molecule has 7 heteroatoms. The van der Waals surface area contributed by atoms with E-state index in [1.54, 1.807) is 24.3 Å². The van der Waals surface area contributed by atoms with Gasteiger partial charge in [0.2, 0.25) is 5.91 Å². The average Bonchev–Trinajstić information content (AvgIpc) is 3.18. The van der Waals surface area contributed by atoms with Gasteiger partial charge in [0.1, 0.15) is 0 Å². The molecule has 0 unspecified atom stereocenters. The number of amides is 2. The lowest BCUT2D eigenvalue weighted by atomic mass is 10.1. The largest absolute Gasteiger partial charge is 0.347 e. The molecule has 166 valence electrons. The van der Waals surface area contributed by atoms with E-state index in [9.17, 15) is 14.4 Å². The van der Waals surface area contributed by atoms with Crippen molar-refractivity contribution in [2.45, 2.75) is 46.3 Å². The van der Waals surface area contributed by atoms with Gasteiger partial charge in [-0.05, 0) is 29.5 Å². The molecule has 32 heavy (non-hydrogen) atoms. The Morgan fingerprint density at radius 2 is 1.81 bits per heavy atom. The van der Waals surface area contributed by atoms with Crippen molar-refractivity contribution in [3.8, 4) is 0 Å². The SMILES string of the molecule is CC(C)Cn1nc(C(=O)NCc2cccc(CN3CCCC3=O)c2)c2ccccc2c1=O. The average molecular weight is 433 g/mol. The van der Waals surface area contributed by atoms with Gasteiger partial charge in [-0.3, -0.25) is 14.4 Å². The first kappa shape index (κ1) is 21.7. The summed E-state index contributed by atoms with van der Waals surface area (Å²) < 4.78 is 1.38. The van der Waals surface area contributed by atoms with Gasteiger partial charge < -0.3 is 10.2 Å². The molecule has 0 atom stereocenters. The van der Waals surface area contributed by atoms with Crippen LogP contribution in [0, 0.1) is 5.92 Å². The third kappa shape index (κ3) is 4.72. The molecule has 4 rings (SSSR count). The van der Waals surface area contributed by atoms with Crippen LogP contribution >= 0.6 is 0 Å². The van der Waals surface area contributed by atoms with Gasteiger partial charge in [-0.15, -0.1) is 0 Å². The maximum absolute atomic E-state index is 13.0. The lowest BCUT2D eigenvalue weighted by Gasteiger charge is -2.16. The summed E-state index contributed by atoms with van der Waals surface area (Å²) in [5.41, 5.74) is 2.05. The van der Waals surface area contributed by atoms with Crippen molar-refractivity contribution < 1.29 is 9.59 Å². The zero-order chi connectivity index (χ0) is 22.7. The Bertz CT molecular complexity index is 1220. The summed E-state index contributed by atoms with van der Waals surface area (Å²) in [4.78, 5) is 39.6. The first-order chi connectivity index (χ1) is 15.4. The Hall–Kier alpha value is -3.48. The van der Waals surface area contributed by atoms with E-state index in [0.29, 0.717) is 36.8 Å². The van der Waals surface area contributed by atoms with Crippen LogP contribution in [0.15, 0.2) is 53.3 Å². The summed E-state index contributed by atoms with van der Waals surface area (Å²) in [5.74, 6) is 0.0968. The molecule has 1 aromatic heterocycles. The van der Waals surface area contributed by atoms with Crippen LogP contribution in [0.25, 0.3) is 10.8 Å². The van der Waals surface area contributed by atoms with Crippen molar-refractivity contribution in [2.24, 2.45) is 5.92 Å². The van der Waals surface area contributed by atoms with Crippen LogP contribution in [0.3, 0.4) is 0 Å². The van der Waals surface area contributed by atoms with E-state index in [-0.39, 0.29) is 29.0 Å². The van der Waals surface area contributed by atoms with Gasteiger partial charge in [0.05, 0.1) is 5.39 Å². The smallest absolute Gasteiger partial charge is 0.274 e. The maximum atomic E-state index is 13.0. The van der Waals surface area contributed by atoms with Crippen LogP contribution in [-0.2, 0) is 24.4 Å². The Kier molecular flexibility index (Phi) is 6.35.